The summed E-state index contributed by atoms with van der Waals surface area (Å²) in [5.41, 5.74) is 1.08. The number of carbonyl (C=O) groups excluding carboxylic acids is 1. The number of rotatable bonds is 5. The zero-order valence-corrected chi connectivity index (χ0v) is 11.6. The summed E-state index contributed by atoms with van der Waals surface area (Å²) in [4.78, 5) is 23.9. The second kappa shape index (κ2) is 6.10. The largest absolute Gasteiger partial charge is 0.481 e. The number of nitrogens with one attached hydrogen (secondary N) is 1. The number of fused-ring (bicyclic) bond motifs is 1. The minimum atomic E-state index is -0.830. The standard InChI is InChI=1S/C14H17NO3S/c1-9(6-13(16)17)7-15-14(18)11-8-19-12-5-3-2-4-10(11)12/h2-5,9,11H,6-8H2,1H3,(H,15,18)(H,16,17)/t9-,11+/m1/s1. The van der Waals surface area contributed by atoms with Gasteiger partial charge in [0.05, 0.1) is 5.92 Å². The van der Waals surface area contributed by atoms with Crippen LogP contribution in [-0.4, -0.2) is 29.3 Å². The average Bonchev–Trinajstić information content (AvgIpc) is 2.79. The maximum atomic E-state index is 12.1. The Hall–Kier alpha value is -1.49. The van der Waals surface area contributed by atoms with Gasteiger partial charge < -0.3 is 10.4 Å². The van der Waals surface area contributed by atoms with Crippen LogP contribution in [0.5, 0.6) is 0 Å². The van der Waals surface area contributed by atoms with Crippen LogP contribution >= 0.6 is 11.8 Å². The zero-order chi connectivity index (χ0) is 13.8. The van der Waals surface area contributed by atoms with Crippen molar-refractivity contribution >= 4 is 23.6 Å². The summed E-state index contributed by atoms with van der Waals surface area (Å²) in [6.07, 6.45) is 0.0796. The number of hydrogen-bond donors (Lipinski definition) is 2. The predicted molar refractivity (Wildman–Crippen MR) is 74.3 cm³/mol. The summed E-state index contributed by atoms with van der Waals surface area (Å²) in [6.45, 7) is 2.24. The molecule has 1 aromatic rings. The minimum absolute atomic E-state index is 0.00492. The fourth-order valence-electron chi connectivity index (χ4n) is 2.15. The molecule has 1 aliphatic heterocycles. The predicted octanol–water partition coefficient (Wildman–Crippen LogP) is 2.10. The van der Waals surface area contributed by atoms with E-state index in [2.05, 4.69) is 5.32 Å². The first-order valence-corrected chi connectivity index (χ1v) is 7.27. The third kappa shape index (κ3) is 3.50. The number of carboxylic acid groups (broad SMARTS) is 1. The molecule has 4 nitrogen and oxygen atoms in total. The monoisotopic (exact) mass is 279 g/mol. The molecule has 5 heteroatoms. The summed E-state index contributed by atoms with van der Waals surface area (Å²) in [7, 11) is 0. The molecule has 2 N–H and O–H groups in total. The van der Waals surface area contributed by atoms with Gasteiger partial charge in [0.2, 0.25) is 5.91 Å². The van der Waals surface area contributed by atoms with Gasteiger partial charge in [-0.2, -0.15) is 0 Å². The lowest BCUT2D eigenvalue weighted by Gasteiger charge is -2.14. The SMILES string of the molecule is C[C@@H](CNC(=O)[C@H]1CSc2ccccc21)CC(=O)O. The first-order valence-electron chi connectivity index (χ1n) is 6.29. The molecular formula is C14H17NO3S. The lowest BCUT2D eigenvalue weighted by atomic mass is 10.00. The van der Waals surface area contributed by atoms with Gasteiger partial charge in [0.15, 0.2) is 0 Å². The molecule has 0 saturated heterocycles. The fraction of sp³-hybridized carbons (Fsp3) is 0.429. The van der Waals surface area contributed by atoms with Crippen LogP contribution in [0.4, 0.5) is 0 Å². The van der Waals surface area contributed by atoms with E-state index >= 15 is 0 Å². The van der Waals surface area contributed by atoms with Crippen LogP contribution < -0.4 is 5.32 Å². The molecule has 1 amide bonds. The van der Waals surface area contributed by atoms with Crippen LogP contribution in [0.3, 0.4) is 0 Å². The lowest BCUT2D eigenvalue weighted by molar-refractivity contribution is -0.138. The van der Waals surface area contributed by atoms with Crippen LogP contribution in [0.1, 0.15) is 24.8 Å². The Morgan fingerprint density at radius 3 is 2.95 bits per heavy atom. The molecule has 1 aromatic carbocycles. The molecule has 19 heavy (non-hydrogen) atoms. The Morgan fingerprint density at radius 1 is 1.47 bits per heavy atom. The minimum Gasteiger partial charge on any atom is -0.481 e. The quantitative estimate of drug-likeness (QED) is 0.866. The number of benzene rings is 1. The Labute approximate surface area is 116 Å². The Kier molecular flexibility index (Phi) is 4.47. The number of amides is 1. The second-order valence-electron chi connectivity index (χ2n) is 4.85. The van der Waals surface area contributed by atoms with E-state index in [4.69, 9.17) is 5.11 Å². The van der Waals surface area contributed by atoms with Gasteiger partial charge in [0.25, 0.3) is 0 Å². The van der Waals surface area contributed by atoms with Crippen molar-refractivity contribution in [2.45, 2.75) is 24.2 Å². The van der Waals surface area contributed by atoms with Crippen LogP contribution in [0, 0.1) is 5.92 Å². The molecule has 0 unspecified atom stereocenters. The average molecular weight is 279 g/mol. The molecule has 0 saturated carbocycles. The second-order valence-corrected chi connectivity index (χ2v) is 5.91. The van der Waals surface area contributed by atoms with E-state index in [1.807, 2.05) is 31.2 Å². The summed E-state index contributed by atoms with van der Waals surface area (Å²) >= 11 is 1.69. The Balaban J connectivity index is 1.90. The van der Waals surface area contributed by atoms with Crippen molar-refractivity contribution in [2.24, 2.45) is 5.92 Å². The van der Waals surface area contributed by atoms with Gasteiger partial charge in [-0.25, -0.2) is 0 Å². The topological polar surface area (TPSA) is 66.4 Å². The summed E-state index contributed by atoms with van der Waals surface area (Å²) < 4.78 is 0. The molecule has 0 spiro atoms. The number of carboxylic acids is 1. The molecule has 0 aromatic heterocycles. The Bertz CT molecular complexity index is 489. The van der Waals surface area contributed by atoms with E-state index in [0.29, 0.717) is 6.54 Å². The number of hydrogen-bond acceptors (Lipinski definition) is 3. The lowest BCUT2D eigenvalue weighted by Crippen LogP contribution is -2.33. The van der Waals surface area contributed by atoms with E-state index in [0.717, 1.165) is 11.3 Å². The van der Waals surface area contributed by atoms with Crippen LogP contribution in [-0.2, 0) is 9.59 Å². The van der Waals surface area contributed by atoms with Crippen molar-refractivity contribution in [1.29, 1.82) is 0 Å². The first kappa shape index (κ1) is 13.9. The molecule has 1 aliphatic rings. The number of aliphatic carboxylic acids is 1. The van der Waals surface area contributed by atoms with E-state index < -0.39 is 5.97 Å². The van der Waals surface area contributed by atoms with Crippen LogP contribution in [0.15, 0.2) is 29.2 Å². The highest BCUT2D eigenvalue weighted by Gasteiger charge is 2.28. The molecule has 0 fully saturated rings. The van der Waals surface area contributed by atoms with Gasteiger partial charge in [0, 0.05) is 23.6 Å². The third-order valence-electron chi connectivity index (χ3n) is 3.16. The van der Waals surface area contributed by atoms with Gasteiger partial charge in [0.1, 0.15) is 0 Å². The molecule has 102 valence electrons. The highest BCUT2D eigenvalue weighted by Crippen LogP contribution is 2.39. The highest BCUT2D eigenvalue weighted by molar-refractivity contribution is 7.99. The van der Waals surface area contributed by atoms with Gasteiger partial charge in [-0.3, -0.25) is 9.59 Å². The Morgan fingerprint density at radius 2 is 2.21 bits per heavy atom. The maximum absolute atomic E-state index is 12.1. The maximum Gasteiger partial charge on any atom is 0.303 e. The van der Waals surface area contributed by atoms with E-state index in [1.54, 1.807) is 11.8 Å². The van der Waals surface area contributed by atoms with Crippen LogP contribution in [0.2, 0.25) is 0 Å². The molecule has 1 heterocycles. The van der Waals surface area contributed by atoms with E-state index in [-0.39, 0.29) is 24.2 Å². The van der Waals surface area contributed by atoms with E-state index in [9.17, 15) is 9.59 Å². The smallest absolute Gasteiger partial charge is 0.303 e. The summed E-state index contributed by atoms with van der Waals surface area (Å²) in [6, 6.07) is 7.93. The zero-order valence-electron chi connectivity index (χ0n) is 10.8. The third-order valence-corrected chi connectivity index (χ3v) is 4.35. The first-order chi connectivity index (χ1) is 9.08. The van der Waals surface area contributed by atoms with Crippen molar-refractivity contribution < 1.29 is 14.7 Å². The van der Waals surface area contributed by atoms with Crippen molar-refractivity contribution in [3.63, 3.8) is 0 Å². The molecule has 0 aliphatic carbocycles. The highest BCUT2D eigenvalue weighted by atomic mass is 32.2. The number of thioether (sulfide) groups is 1. The summed E-state index contributed by atoms with van der Waals surface area (Å²) in [5, 5.41) is 11.5. The molecule has 2 rings (SSSR count). The summed E-state index contributed by atoms with van der Waals surface area (Å²) in [5.74, 6) is -0.236. The van der Waals surface area contributed by atoms with E-state index in [1.165, 1.54) is 4.90 Å². The number of carbonyl (C=O) groups is 2. The van der Waals surface area contributed by atoms with Gasteiger partial charge in [-0.15, -0.1) is 11.8 Å². The van der Waals surface area contributed by atoms with Crippen molar-refractivity contribution in [3.05, 3.63) is 29.8 Å². The van der Waals surface area contributed by atoms with Gasteiger partial charge >= 0.3 is 5.97 Å². The van der Waals surface area contributed by atoms with Crippen molar-refractivity contribution in [2.75, 3.05) is 12.3 Å². The normalized spacial score (nSPS) is 18.7. The van der Waals surface area contributed by atoms with Crippen molar-refractivity contribution in [1.82, 2.24) is 5.32 Å². The van der Waals surface area contributed by atoms with Crippen molar-refractivity contribution in [3.8, 4) is 0 Å². The molecule has 0 radical (unpaired) electrons. The molecular weight excluding hydrogens is 262 g/mol. The molecule has 0 bridgehead atoms. The van der Waals surface area contributed by atoms with Gasteiger partial charge in [-0.1, -0.05) is 25.1 Å². The fourth-order valence-corrected chi connectivity index (χ4v) is 3.38. The molecule has 2 atom stereocenters. The van der Waals surface area contributed by atoms with Crippen LogP contribution in [0.25, 0.3) is 0 Å². The van der Waals surface area contributed by atoms with Gasteiger partial charge in [-0.05, 0) is 17.5 Å².